The van der Waals surface area contributed by atoms with Gasteiger partial charge in [-0.1, -0.05) is 23.2 Å². The number of benzene rings is 1. The van der Waals surface area contributed by atoms with E-state index in [1.807, 2.05) is 13.0 Å². The van der Waals surface area contributed by atoms with Gasteiger partial charge in [-0.2, -0.15) is 0 Å². The van der Waals surface area contributed by atoms with Crippen LogP contribution < -0.4 is 4.90 Å². The van der Waals surface area contributed by atoms with Gasteiger partial charge in [0.25, 0.3) is 5.91 Å². The number of rotatable bonds is 6. The lowest BCUT2D eigenvalue weighted by molar-refractivity contribution is -0.139. The van der Waals surface area contributed by atoms with E-state index >= 15 is 0 Å². The molecule has 10 heteroatoms. The van der Waals surface area contributed by atoms with Gasteiger partial charge in [-0.15, -0.1) is 0 Å². The van der Waals surface area contributed by atoms with Crippen molar-refractivity contribution < 1.29 is 18.9 Å². The Kier molecular flexibility index (Phi) is 8.27. The molecular weight excluding hydrogens is 473 g/mol. The highest BCUT2D eigenvalue weighted by atomic mass is 35.5. The number of hydrogen-bond acceptors (Lipinski definition) is 6. The van der Waals surface area contributed by atoms with Gasteiger partial charge >= 0.3 is 5.97 Å². The van der Waals surface area contributed by atoms with Crippen LogP contribution in [0.25, 0.3) is 0 Å². The molecule has 1 aromatic heterocycles. The minimum Gasteiger partial charge on any atom is -0.611 e. The average molecular weight is 498 g/mol. The standard InChI is InChI=1S/C22H25Cl2N3O4S/c1-4-31-21(28)13-32(30)20-6-5-16(9-19(20)24)22(29)27-8-7-26(14(2)15(27)3)18-10-17(23)11-25-12-18/h5-6,9-12,14-15H,4,7-8,13H2,1-3H3/t14?,15-,32?/m0/s1. The zero-order valence-electron chi connectivity index (χ0n) is 18.1. The summed E-state index contributed by atoms with van der Waals surface area (Å²) in [5, 5.41) is 0.749. The number of amides is 1. The SMILES string of the molecule is CCOC(=O)C[S+]([O-])c1ccc(C(=O)N2CCN(c3cncc(Cl)c3)C(C)[C@@H]2C)cc1Cl. The number of aromatic nitrogens is 1. The maximum Gasteiger partial charge on any atom is 0.356 e. The number of hydrogen-bond donors (Lipinski definition) is 0. The number of halogens is 2. The number of carbonyl (C=O) groups excluding carboxylic acids is 2. The van der Waals surface area contributed by atoms with Crippen LogP contribution >= 0.6 is 23.2 Å². The van der Waals surface area contributed by atoms with Crippen molar-refractivity contribution >= 4 is 51.9 Å². The maximum atomic E-state index is 13.2. The Morgan fingerprint density at radius 1 is 1.19 bits per heavy atom. The molecule has 3 rings (SSSR count). The number of piperazine rings is 1. The summed E-state index contributed by atoms with van der Waals surface area (Å²) in [6, 6.07) is 6.47. The number of esters is 1. The summed E-state index contributed by atoms with van der Waals surface area (Å²) < 4.78 is 17.3. The first-order valence-electron chi connectivity index (χ1n) is 10.2. The third kappa shape index (κ3) is 5.49. The minimum atomic E-state index is -1.65. The first-order valence-corrected chi connectivity index (χ1v) is 12.3. The van der Waals surface area contributed by atoms with Crippen molar-refractivity contribution in [3.8, 4) is 0 Å². The van der Waals surface area contributed by atoms with Gasteiger partial charge in [0.15, 0.2) is 4.90 Å². The molecule has 7 nitrogen and oxygen atoms in total. The molecule has 0 aliphatic carbocycles. The highest BCUT2D eigenvalue weighted by Crippen LogP contribution is 2.29. The second-order valence-electron chi connectivity index (χ2n) is 7.47. The van der Waals surface area contributed by atoms with Crippen LogP contribution in [-0.2, 0) is 20.7 Å². The summed E-state index contributed by atoms with van der Waals surface area (Å²) in [4.78, 5) is 33.3. The van der Waals surface area contributed by atoms with Gasteiger partial charge in [0, 0.05) is 36.9 Å². The van der Waals surface area contributed by atoms with Crippen molar-refractivity contribution in [2.75, 3.05) is 30.3 Å². The number of ether oxygens (including phenoxy) is 1. The summed E-state index contributed by atoms with van der Waals surface area (Å²) in [5.74, 6) is -0.995. The van der Waals surface area contributed by atoms with E-state index in [0.29, 0.717) is 28.6 Å². The van der Waals surface area contributed by atoms with E-state index in [-0.39, 0.29) is 35.4 Å². The van der Waals surface area contributed by atoms with Gasteiger partial charge in [-0.05, 0) is 56.2 Å². The Hall–Kier alpha value is -2.00. The van der Waals surface area contributed by atoms with Gasteiger partial charge in [0.05, 0.1) is 28.5 Å². The van der Waals surface area contributed by atoms with E-state index < -0.39 is 17.1 Å². The number of carbonyl (C=O) groups is 2. The zero-order chi connectivity index (χ0) is 23.4. The number of pyridine rings is 1. The van der Waals surface area contributed by atoms with Crippen molar-refractivity contribution in [2.24, 2.45) is 0 Å². The molecule has 0 saturated carbocycles. The zero-order valence-corrected chi connectivity index (χ0v) is 20.4. The van der Waals surface area contributed by atoms with Crippen molar-refractivity contribution in [3.05, 3.63) is 52.3 Å². The highest BCUT2D eigenvalue weighted by Gasteiger charge is 2.34. The molecule has 1 amide bonds. The van der Waals surface area contributed by atoms with E-state index in [1.54, 1.807) is 30.3 Å². The van der Waals surface area contributed by atoms with Crippen LogP contribution in [0.15, 0.2) is 41.6 Å². The van der Waals surface area contributed by atoms with Crippen molar-refractivity contribution in [1.82, 2.24) is 9.88 Å². The molecule has 172 valence electrons. The van der Waals surface area contributed by atoms with Crippen LogP contribution in [0, 0.1) is 0 Å². The Bertz CT molecular complexity index is 993. The Morgan fingerprint density at radius 2 is 1.94 bits per heavy atom. The van der Waals surface area contributed by atoms with Gasteiger partial charge < -0.3 is 19.1 Å². The molecule has 1 fully saturated rings. The highest BCUT2D eigenvalue weighted by molar-refractivity contribution is 7.92. The fourth-order valence-corrected chi connectivity index (χ4v) is 5.28. The molecule has 1 aliphatic heterocycles. The van der Waals surface area contributed by atoms with Crippen molar-refractivity contribution in [3.63, 3.8) is 0 Å². The molecule has 3 atom stereocenters. The molecule has 1 aromatic carbocycles. The molecular formula is C22H25Cl2N3O4S. The molecule has 1 saturated heterocycles. The van der Waals surface area contributed by atoms with Crippen LogP contribution in [0.3, 0.4) is 0 Å². The van der Waals surface area contributed by atoms with Crippen LogP contribution in [-0.4, -0.2) is 63.8 Å². The molecule has 0 bridgehead atoms. The first kappa shape index (κ1) is 24.6. The lowest BCUT2D eigenvalue weighted by atomic mass is 10.0. The predicted octanol–water partition coefficient (Wildman–Crippen LogP) is 3.80. The molecule has 2 unspecified atom stereocenters. The lowest BCUT2D eigenvalue weighted by Crippen LogP contribution is -2.59. The monoisotopic (exact) mass is 497 g/mol. The fraction of sp³-hybridized carbons (Fsp3) is 0.409. The molecule has 0 N–H and O–H groups in total. The summed E-state index contributed by atoms with van der Waals surface area (Å²) in [6.07, 6.45) is 3.35. The van der Waals surface area contributed by atoms with Gasteiger partial charge in [0.1, 0.15) is 0 Å². The van der Waals surface area contributed by atoms with Crippen LogP contribution in [0.1, 0.15) is 31.1 Å². The van der Waals surface area contributed by atoms with E-state index in [1.165, 1.54) is 12.1 Å². The third-order valence-electron chi connectivity index (χ3n) is 5.52. The molecule has 2 aromatic rings. The average Bonchev–Trinajstić information content (AvgIpc) is 2.75. The van der Waals surface area contributed by atoms with Crippen LogP contribution in [0.2, 0.25) is 10.0 Å². The molecule has 2 heterocycles. The van der Waals surface area contributed by atoms with Gasteiger partial charge in [-0.3, -0.25) is 9.78 Å². The van der Waals surface area contributed by atoms with Gasteiger partial charge in [-0.25, -0.2) is 4.79 Å². The normalized spacial score (nSPS) is 19.6. The van der Waals surface area contributed by atoms with E-state index in [9.17, 15) is 14.1 Å². The topological polar surface area (TPSA) is 85.8 Å². The minimum absolute atomic E-state index is 0.0415. The maximum absolute atomic E-state index is 13.2. The quantitative estimate of drug-likeness (QED) is 0.445. The van der Waals surface area contributed by atoms with Crippen LogP contribution in [0.5, 0.6) is 0 Å². The predicted molar refractivity (Wildman–Crippen MR) is 126 cm³/mol. The van der Waals surface area contributed by atoms with E-state index in [4.69, 9.17) is 27.9 Å². The fourth-order valence-electron chi connectivity index (χ4n) is 3.72. The molecule has 32 heavy (non-hydrogen) atoms. The molecule has 0 spiro atoms. The number of anilines is 1. The summed E-state index contributed by atoms with van der Waals surface area (Å²) in [6.45, 7) is 7.10. The van der Waals surface area contributed by atoms with Crippen molar-refractivity contribution in [1.29, 1.82) is 0 Å². The lowest BCUT2D eigenvalue weighted by Gasteiger charge is -2.46. The van der Waals surface area contributed by atoms with Gasteiger partial charge in [0.2, 0.25) is 5.75 Å². The van der Waals surface area contributed by atoms with Crippen molar-refractivity contribution in [2.45, 2.75) is 37.8 Å². The summed E-state index contributed by atoms with van der Waals surface area (Å²) in [5.41, 5.74) is 1.32. The largest absolute Gasteiger partial charge is 0.611 e. The van der Waals surface area contributed by atoms with E-state index in [2.05, 4.69) is 16.8 Å². The van der Waals surface area contributed by atoms with Crippen LogP contribution in [0.4, 0.5) is 5.69 Å². The molecule has 1 aliphatic rings. The summed E-state index contributed by atoms with van der Waals surface area (Å²) >= 11 is 10.7. The Balaban J connectivity index is 1.72. The second-order valence-corrected chi connectivity index (χ2v) is 9.74. The summed E-state index contributed by atoms with van der Waals surface area (Å²) in [7, 11) is 0. The first-order chi connectivity index (χ1) is 15.2. The third-order valence-corrected chi connectivity index (χ3v) is 7.50. The van der Waals surface area contributed by atoms with E-state index in [0.717, 1.165) is 5.69 Å². The Labute approximate surface area is 200 Å². The Morgan fingerprint density at radius 3 is 2.59 bits per heavy atom. The smallest absolute Gasteiger partial charge is 0.356 e. The second kappa shape index (κ2) is 10.7. The molecule has 0 radical (unpaired) electrons. The number of nitrogens with zero attached hydrogens (tertiary/aromatic N) is 3.